The molecule has 2 nitrogen and oxygen atoms in total. The van der Waals surface area contributed by atoms with E-state index in [1.165, 1.54) is 29.8 Å². The summed E-state index contributed by atoms with van der Waals surface area (Å²) in [6.45, 7) is 11.5. The second-order valence-electron chi connectivity index (χ2n) is 6.09. The summed E-state index contributed by atoms with van der Waals surface area (Å²) < 4.78 is 0. The van der Waals surface area contributed by atoms with Crippen molar-refractivity contribution in [2.24, 2.45) is 5.92 Å². The van der Waals surface area contributed by atoms with Gasteiger partial charge in [0.05, 0.1) is 0 Å². The Labute approximate surface area is 111 Å². The van der Waals surface area contributed by atoms with E-state index in [9.17, 15) is 0 Å². The summed E-state index contributed by atoms with van der Waals surface area (Å²) >= 11 is 0. The van der Waals surface area contributed by atoms with Crippen molar-refractivity contribution in [1.82, 2.24) is 5.32 Å². The van der Waals surface area contributed by atoms with E-state index in [1.54, 1.807) is 0 Å². The van der Waals surface area contributed by atoms with Gasteiger partial charge in [-0.05, 0) is 64.8 Å². The topological polar surface area (TPSA) is 15.3 Å². The zero-order valence-corrected chi connectivity index (χ0v) is 12.4. The molecule has 1 aromatic carbocycles. The molecule has 2 rings (SSSR count). The third-order valence-corrected chi connectivity index (χ3v) is 4.56. The molecule has 0 aromatic heterocycles. The summed E-state index contributed by atoms with van der Waals surface area (Å²) in [7, 11) is 2.05. The highest BCUT2D eigenvalue weighted by molar-refractivity contribution is 5.61. The van der Waals surface area contributed by atoms with Crippen LogP contribution in [-0.4, -0.2) is 25.7 Å². The van der Waals surface area contributed by atoms with Crippen molar-refractivity contribution in [3.05, 3.63) is 29.3 Å². The molecule has 1 atom stereocenters. The van der Waals surface area contributed by atoms with Gasteiger partial charge in [0.15, 0.2) is 0 Å². The zero-order valence-electron chi connectivity index (χ0n) is 12.4. The van der Waals surface area contributed by atoms with Crippen molar-refractivity contribution in [1.29, 1.82) is 0 Å². The summed E-state index contributed by atoms with van der Waals surface area (Å²) in [6.07, 6.45) is 1.28. The van der Waals surface area contributed by atoms with Crippen LogP contribution < -0.4 is 10.2 Å². The van der Waals surface area contributed by atoms with Crippen LogP contribution in [0.5, 0.6) is 0 Å². The number of hydrogen-bond donors (Lipinski definition) is 1. The van der Waals surface area contributed by atoms with E-state index in [0.717, 1.165) is 12.5 Å². The normalized spacial score (nSPS) is 22.5. The Bertz CT molecular complexity index is 403. The zero-order chi connectivity index (χ0) is 13.3. The van der Waals surface area contributed by atoms with Gasteiger partial charge in [0.1, 0.15) is 0 Å². The Balaban J connectivity index is 2.35. The lowest BCUT2D eigenvalue weighted by Crippen LogP contribution is -2.45. The van der Waals surface area contributed by atoms with E-state index in [2.05, 4.69) is 63.2 Å². The van der Waals surface area contributed by atoms with Crippen LogP contribution in [0.25, 0.3) is 0 Å². The smallest absolute Gasteiger partial charge is 0.0430 e. The summed E-state index contributed by atoms with van der Waals surface area (Å²) in [5.41, 5.74) is 4.47. The van der Waals surface area contributed by atoms with Gasteiger partial charge in [0.25, 0.3) is 0 Å². The first-order chi connectivity index (χ1) is 8.48. The molecule has 0 spiro atoms. The minimum absolute atomic E-state index is 0.236. The maximum absolute atomic E-state index is 3.34. The Hall–Kier alpha value is -1.02. The second kappa shape index (κ2) is 4.93. The first-order valence-electron chi connectivity index (χ1n) is 6.97. The number of para-hydroxylation sites is 1. The summed E-state index contributed by atoms with van der Waals surface area (Å²) in [6, 6.07) is 6.61. The fourth-order valence-electron chi connectivity index (χ4n) is 3.38. The van der Waals surface area contributed by atoms with Gasteiger partial charge < -0.3 is 10.2 Å². The predicted octanol–water partition coefficient (Wildman–Crippen LogP) is 3.13. The van der Waals surface area contributed by atoms with Crippen LogP contribution in [0, 0.1) is 19.8 Å². The van der Waals surface area contributed by atoms with Gasteiger partial charge in [-0.15, -0.1) is 0 Å². The molecule has 0 radical (unpaired) electrons. The lowest BCUT2D eigenvalue weighted by molar-refractivity contribution is 0.356. The second-order valence-corrected chi connectivity index (χ2v) is 6.09. The predicted molar refractivity (Wildman–Crippen MR) is 79.4 cm³/mol. The molecular formula is C16H26N2. The first-order valence-corrected chi connectivity index (χ1v) is 6.97. The maximum Gasteiger partial charge on any atom is 0.0430 e. The summed E-state index contributed by atoms with van der Waals surface area (Å²) in [4.78, 5) is 2.61. The number of benzene rings is 1. The van der Waals surface area contributed by atoms with E-state index in [0.29, 0.717) is 0 Å². The van der Waals surface area contributed by atoms with Gasteiger partial charge in [0, 0.05) is 17.8 Å². The van der Waals surface area contributed by atoms with E-state index in [4.69, 9.17) is 0 Å². The molecule has 1 aromatic rings. The maximum atomic E-state index is 3.34. The van der Waals surface area contributed by atoms with Crippen LogP contribution >= 0.6 is 0 Å². The van der Waals surface area contributed by atoms with E-state index in [-0.39, 0.29) is 5.54 Å². The van der Waals surface area contributed by atoms with Gasteiger partial charge in [0.2, 0.25) is 0 Å². The summed E-state index contributed by atoms with van der Waals surface area (Å²) in [5, 5.41) is 3.34. The molecule has 1 N–H and O–H groups in total. The van der Waals surface area contributed by atoms with Crippen molar-refractivity contribution < 1.29 is 0 Å². The average Bonchev–Trinajstić information content (AvgIpc) is 2.57. The monoisotopic (exact) mass is 246 g/mol. The number of anilines is 1. The van der Waals surface area contributed by atoms with Crippen molar-refractivity contribution in [3.8, 4) is 0 Å². The highest BCUT2D eigenvalue weighted by Crippen LogP contribution is 2.40. The van der Waals surface area contributed by atoms with Gasteiger partial charge >= 0.3 is 0 Å². The van der Waals surface area contributed by atoms with E-state index < -0.39 is 0 Å². The molecule has 0 saturated carbocycles. The highest BCUT2D eigenvalue weighted by Gasteiger charge is 2.41. The lowest BCUT2D eigenvalue weighted by Gasteiger charge is -2.39. The third-order valence-electron chi connectivity index (χ3n) is 4.56. The molecule has 0 aliphatic carbocycles. The van der Waals surface area contributed by atoms with Crippen LogP contribution in [0.4, 0.5) is 5.69 Å². The minimum atomic E-state index is 0.236. The Morgan fingerprint density at radius 2 is 1.89 bits per heavy atom. The third kappa shape index (κ3) is 2.14. The van der Waals surface area contributed by atoms with E-state index in [1.807, 2.05) is 0 Å². The Morgan fingerprint density at radius 1 is 1.28 bits per heavy atom. The summed E-state index contributed by atoms with van der Waals surface area (Å²) in [5.74, 6) is 0.724. The molecule has 100 valence electrons. The molecule has 1 heterocycles. The quantitative estimate of drug-likeness (QED) is 0.881. The van der Waals surface area contributed by atoms with E-state index >= 15 is 0 Å². The van der Waals surface area contributed by atoms with Crippen LogP contribution in [0.1, 0.15) is 31.4 Å². The minimum Gasteiger partial charge on any atom is -0.366 e. The molecule has 0 bridgehead atoms. The first kappa shape index (κ1) is 13.4. The highest BCUT2D eigenvalue weighted by atomic mass is 15.2. The van der Waals surface area contributed by atoms with Crippen molar-refractivity contribution in [3.63, 3.8) is 0 Å². The number of nitrogens with zero attached hydrogens (tertiary/aromatic N) is 1. The van der Waals surface area contributed by atoms with Gasteiger partial charge in [-0.3, -0.25) is 0 Å². The number of hydrogen-bond acceptors (Lipinski definition) is 2. The molecule has 18 heavy (non-hydrogen) atoms. The van der Waals surface area contributed by atoms with Crippen molar-refractivity contribution >= 4 is 5.69 Å². The largest absolute Gasteiger partial charge is 0.366 e. The number of nitrogens with one attached hydrogen (secondary N) is 1. The molecule has 1 aliphatic rings. The Morgan fingerprint density at radius 3 is 2.44 bits per heavy atom. The van der Waals surface area contributed by atoms with Gasteiger partial charge in [-0.2, -0.15) is 0 Å². The van der Waals surface area contributed by atoms with Crippen LogP contribution in [0.2, 0.25) is 0 Å². The molecule has 1 saturated heterocycles. The van der Waals surface area contributed by atoms with Crippen molar-refractivity contribution in [2.75, 3.05) is 25.0 Å². The Kier molecular flexibility index (Phi) is 3.67. The molecular weight excluding hydrogens is 220 g/mol. The van der Waals surface area contributed by atoms with Crippen LogP contribution in [0.3, 0.4) is 0 Å². The lowest BCUT2D eigenvalue weighted by atomic mass is 9.87. The molecule has 1 unspecified atom stereocenters. The van der Waals surface area contributed by atoms with Crippen molar-refractivity contribution in [2.45, 2.75) is 39.7 Å². The molecule has 0 amide bonds. The average molecular weight is 246 g/mol. The fourth-order valence-corrected chi connectivity index (χ4v) is 3.38. The van der Waals surface area contributed by atoms with Crippen LogP contribution in [0.15, 0.2) is 18.2 Å². The SMILES string of the molecule is CNCC1CCN(c2c(C)cccc2C)C1(C)C. The fraction of sp³-hybridized carbons (Fsp3) is 0.625. The van der Waals surface area contributed by atoms with Gasteiger partial charge in [-0.25, -0.2) is 0 Å². The number of aryl methyl sites for hydroxylation is 2. The molecule has 1 aliphatic heterocycles. The standard InChI is InChI=1S/C16H26N2/c1-12-7-6-8-13(2)15(12)18-10-9-14(11-17-5)16(18,3)4/h6-8,14,17H,9-11H2,1-5H3. The number of rotatable bonds is 3. The molecule has 1 fully saturated rings. The van der Waals surface area contributed by atoms with Gasteiger partial charge in [-0.1, -0.05) is 18.2 Å². The molecule has 2 heteroatoms. The van der Waals surface area contributed by atoms with Crippen LogP contribution in [-0.2, 0) is 0 Å².